The number of anilines is 1. The number of aromatic nitrogens is 2. The van der Waals surface area contributed by atoms with Gasteiger partial charge in [0.15, 0.2) is 5.11 Å². The molecule has 29 heavy (non-hydrogen) atoms. The number of aromatic amines is 1. The van der Waals surface area contributed by atoms with E-state index in [2.05, 4.69) is 21.3 Å². The summed E-state index contributed by atoms with van der Waals surface area (Å²) in [5.41, 5.74) is 3.02. The van der Waals surface area contributed by atoms with Gasteiger partial charge in [-0.05, 0) is 56.2 Å². The van der Waals surface area contributed by atoms with Gasteiger partial charge in [0.05, 0.1) is 23.3 Å². The van der Waals surface area contributed by atoms with E-state index in [9.17, 15) is 0 Å². The van der Waals surface area contributed by atoms with E-state index in [0.717, 1.165) is 46.4 Å². The molecule has 6 heteroatoms. The van der Waals surface area contributed by atoms with Crippen molar-refractivity contribution >= 4 is 34.1 Å². The molecule has 2 aromatic carbocycles. The highest BCUT2D eigenvalue weighted by Crippen LogP contribution is 2.27. The molecule has 152 valence electrons. The average molecular weight is 409 g/mol. The second kappa shape index (κ2) is 9.27. The topological polar surface area (TPSA) is 53.2 Å². The molecule has 1 fully saturated rings. The van der Waals surface area contributed by atoms with Gasteiger partial charge in [0.25, 0.3) is 0 Å². The summed E-state index contributed by atoms with van der Waals surface area (Å²) in [5.74, 6) is 1.84. The summed E-state index contributed by atoms with van der Waals surface area (Å²) in [5, 5.41) is 4.20. The maximum absolute atomic E-state index is 5.85. The Morgan fingerprint density at radius 1 is 1.17 bits per heavy atom. The summed E-state index contributed by atoms with van der Waals surface area (Å²) in [6.45, 7) is 3.46. The largest absolute Gasteiger partial charge is 0.492 e. The number of nitrogens with one attached hydrogen (secondary N) is 2. The maximum atomic E-state index is 5.85. The summed E-state index contributed by atoms with van der Waals surface area (Å²) in [6.07, 6.45) is 5.75. The Morgan fingerprint density at radius 3 is 2.72 bits per heavy atom. The van der Waals surface area contributed by atoms with E-state index in [1.807, 2.05) is 49.4 Å². The Kier molecular flexibility index (Phi) is 6.30. The minimum atomic E-state index is 0.485. The molecule has 4 rings (SSSR count). The standard InChI is InChI=1S/C23H28N4OS/c1-2-28-21-14-8-7-13-20(21)26-23(29)27(17-9-3-4-10-17)16-15-22-24-18-11-5-6-12-19(18)25-22/h5-8,11-14,17H,2-4,9-10,15-16H2,1H3,(H,24,25)(H,26,29). The van der Waals surface area contributed by atoms with Crippen molar-refractivity contribution in [2.45, 2.75) is 45.1 Å². The highest BCUT2D eigenvalue weighted by Gasteiger charge is 2.25. The number of H-pyrrole nitrogens is 1. The summed E-state index contributed by atoms with van der Waals surface area (Å²) < 4.78 is 5.75. The Bertz CT molecular complexity index is 931. The highest BCUT2D eigenvalue weighted by atomic mass is 32.1. The third-order valence-electron chi connectivity index (χ3n) is 5.48. The lowest BCUT2D eigenvalue weighted by atomic mass is 10.2. The van der Waals surface area contributed by atoms with Crippen LogP contribution in [0.5, 0.6) is 5.75 Å². The van der Waals surface area contributed by atoms with Gasteiger partial charge in [-0.2, -0.15) is 0 Å². The van der Waals surface area contributed by atoms with Crippen molar-refractivity contribution in [3.8, 4) is 5.75 Å². The molecule has 2 N–H and O–H groups in total. The zero-order chi connectivity index (χ0) is 20.1. The zero-order valence-electron chi connectivity index (χ0n) is 16.9. The van der Waals surface area contributed by atoms with Gasteiger partial charge in [-0.1, -0.05) is 37.1 Å². The fraction of sp³-hybridized carbons (Fsp3) is 0.391. The van der Waals surface area contributed by atoms with Crippen LogP contribution in [0.3, 0.4) is 0 Å². The minimum absolute atomic E-state index is 0.485. The lowest BCUT2D eigenvalue weighted by Gasteiger charge is -2.31. The lowest BCUT2D eigenvalue weighted by molar-refractivity contribution is 0.320. The number of benzene rings is 2. The van der Waals surface area contributed by atoms with Crippen LogP contribution in [-0.2, 0) is 6.42 Å². The van der Waals surface area contributed by atoms with Crippen LogP contribution in [0, 0.1) is 0 Å². The first-order chi connectivity index (χ1) is 14.2. The van der Waals surface area contributed by atoms with Gasteiger partial charge in [0, 0.05) is 19.0 Å². The molecular formula is C23H28N4OS. The van der Waals surface area contributed by atoms with Gasteiger partial charge in [0.1, 0.15) is 11.6 Å². The predicted molar refractivity (Wildman–Crippen MR) is 123 cm³/mol. The first-order valence-corrected chi connectivity index (χ1v) is 10.9. The van der Waals surface area contributed by atoms with Gasteiger partial charge in [-0.15, -0.1) is 0 Å². The quantitative estimate of drug-likeness (QED) is 0.530. The van der Waals surface area contributed by atoms with Gasteiger partial charge in [0.2, 0.25) is 0 Å². The van der Waals surface area contributed by atoms with Crippen LogP contribution in [0.25, 0.3) is 11.0 Å². The number of rotatable bonds is 7. The van der Waals surface area contributed by atoms with Gasteiger partial charge < -0.3 is 19.9 Å². The average Bonchev–Trinajstić information content (AvgIpc) is 3.39. The van der Waals surface area contributed by atoms with E-state index in [1.165, 1.54) is 25.7 Å². The Labute approximate surface area is 177 Å². The number of imidazole rings is 1. The predicted octanol–water partition coefficient (Wildman–Crippen LogP) is 5.15. The van der Waals surface area contributed by atoms with Gasteiger partial charge in [-0.25, -0.2) is 4.98 Å². The van der Waals surface area contributed by atoms with Crippen LogP contribution in [0.2, 0.25) is 0 Å². The van der Waals surface area contributed by atoms with Crippen LogP contribution in [0.4, 0.5) is 5.69 Å². The fourth-order valence-corrected chi connectivity index (χ4v) is 4.40. The second-order valence-corrected chi connectivity index (χ2v) is 7.83. The number of hydrogen-bond donors (Lipinski definition) is 2. The molecule has 0 atom stereocenters. The SMILES string of the molecule is CCOc1ccccc1NC(=S)N(CCc1nc2ccccc2[nH]1)C1CCCC1. The smallest absolute Gasteiger partial charge is 0.173 e. The maximum Gasteiger partial charge on any atom is 0.173 e. The number of ether oxygens (including phenoxy) is 1. The Hall–Kier alpha value is -2.60. The van der Waals surface area contributed by atoms with Crippen LogP contribution >= 0.6 is 12.2 Å². The van der Waals surface area contributed by atoms with E-state index < -0.39 is 0 Å². The van der Waals surface area contributed by atoms with Crippen LogP contribution in [0.1, 0.15) is 38.4 Å². The van der Waals surface area contributed by atoms with Crippen LogP contribution < -0.4 is 10.1 Å². The molecule has 3 aromatic rings. The number of para-hydroxylation sites is 4. The number of hydrogen-bond acceptors (Lipinski definition) is 3. The van der Waals surface area contributed by atoms with Gasteiger partial charge in [-0.3, -0.25) is 0 Å². The molecule has 0 saturated heterocycles. The molecule has 1 aromatic heterocycles. The normalized spacial score (nSPS) is 14.2. The third kappa shape index (κ3) is 4.70. The molecule has 0 spiro atoms. The minimum Gasteiger partial charge on any atom is -0.492 e. The van der Waals surface area contributed by atoms with Gasteiger partial charge >= 0.3 is 0 Å². The molecule has 1 aliphatic carbocycles. The van der Waals surface area contributed by atoms with Crippen molar-refractivity contribution in [3.63, 3.8) is 0 Å². The Morgan fingerprint density at radius 2 is 1.93 bits per heavy atom. The van der Waals surface area contributed by atoms with Crippen molar-refractivity contribution in [2.24, 2.45) is 0 Å². The van der Waals surface area contributed by atoms with Crippen molar-refractivity contribution < 1.29 is 4.74 Å². The van der Waals surface area contributed by atoms with E-state index in [4.69, 9.17) is 21.9 Å². The molecular weight excluding hydrogens is 380 g/mol. The molecule has 1 saturated carbocycles. The third-order valence-corrected chi connectivity index (χ3v) is 5.82. The summed E-state index contributed by atoms with van der Waals surface area (Å²) in [6, 6.07) is 16.6. The molecule has 1 aliphatic rings. The molecule has 0 aliphatic heterocycles. The number of fused-ring (bicyclic) bond motifs is 1. The molecule has 0 bridgehead atoms. The van der Waals surface area contributed by atoms with E-state index in [-0.39, 0.29) is 0 Å². The summed E-state index contributed by atoms with van der Waals surface area (Å²) in [7, 11) is 0. The zero-order valence-corrected chi connectivity index (χ0v) is 17.7. The van der Waals surface area contributed by atoms with E-state index in [1.54, 1.807) is 0 Å². The summed E-state index contributed by atoms with van der Waals surface area (Å²) in [4.78, 5) is 10.5. The van der Waals surface area contributed by atoms with E-state index >= 15 is 0 Å². The number of thiocarbonyl (C=S) groups is 1. The fourth-order valence-electron chi connectivity index (χ4n) is 4.05. The second-order valence-electron chi connectivity index (χ2n) is 7.44. The van der Waals surface area contributed by atoms with Crippen LogP contribution in [0.15, 0.2) is 48.5 Å². The Balaban J connectivity index is 1.48. The van der Waals surface area contributed by atoms with E-state index in [0.29, 0.717) is 12.6 Å². The van der Waals surface area contributed by atoms with Crippen molar-refractivity contribution in [1.29, 1.82) is 0 Å². The van der Waals surface area contributed by atoms with Crippen molar-refractivity contribution in [1.82, 2.24) is 14.9 Å². The molecule has 5 nitrogen and oxygen atoms in total. The first-order valence-electron chi connectivity index (χ1n) is 10.5. The molecule has 1 heterocycles. The molecule has 0 unspecified atom stereocenters. The van der Waals surface area contributed by atoms with Crippen LogP contribution in [-0.4, -0.2) is 39.2 Å². The monoisotopic (exact) mass is 408 g/mol. The molecule has 0 amide bonds. The highest BCUT2D eigenvalue weighted by molar-refractivity contribution is 7.80. The lowest BCUT2D eigenvalue weighted by Crippen LogP contribution is -2.42. The summed E-state index contributed by atoms with van der Waals surface area (Å²) >= 11 is 5.85. The van der Waals surface area contributed by atoms with Crippen molar-refractivity contribution in [2.75, 3.05) is 18.5 Å². The molecule has 0 radical (unpaired) electrons. The first kappa shape index (κ1) is 19.7. The van der Waals surface area contributed by atoms with Crippen molar-refractivity contribution in [3.05, 3.63) is 54.4 Å². The number of nitrogens with zero attached hydrogens (tertiary/aromatic N) is 2.